The third-order valence-corrected chi connectivity index (χ3v) is 4.58. The highest BCUT2D eigenvalue weighted by Crippen LogP contribution is 2.25. The smallest absolute Gasteiger partial charge is 0.251 e. The lowest BCUT2D eigenvalue weighted by molar-refractivity contribution is 0.0950. The molecule has 0 saturated heterocycles. The van der Waals surface area contributed by atoms with Crippen molar-refractivity contribution in [1.82, 2.24) is 5.32 Å². The van der Waals surface area contributed by atoms with Crippen LogP contribution in [0.2, 0.25) is 0 Å². The van der Waals surface area contributed by atoms with Gasteiger partial charge >= 0.3 is 0 Å². The van der Waals surface area contributed by atoms with E-state index in [1.807, 2.05) is 24.3 Å². The molecule has 1 aromatic rings. The van der Waals surface area contributed by atoms with Gasteiger partial charge in [-0.05, 0) is 30.0 Å². The Morgan fingerprint density at radius 2 is 1.84 bits per heavy atom. The van der Waals surface area contributed by atoms with Gasteiger partial charge in [0, 0.05) is 17.4 Å². The zero-order valence-electron chi connectivity index (χ0n) is 11.3. The summed E-state index contributed by atoms with van der Waals surface area (Å²) in [4.78, 5) is 12.0. The number of amides is 1. The average molecular weight is 324 g/mol. The number of carbonyl (C=O) groups excluding carboxylic acids is 1. The number of benzene rings is 1. The van der Waals surface area contributed by atoms with E-state index in [0.717, 1.165) is 29.8 Å². The van der Waals surface area contributed by atoms with E-state index in [2.05, 4.69) is 21.2 Å². The Bertz CT molecular complexity index is 396. The summed E-state index contributed by atoms with van der Waals surface area (Å²) in [5.41, 5.74) is 1.95. The van der Waals surface area contributed by atoms with E-state index in [0.29, 0.717) is 0 Å². The van der Waals surface area contributed by atoms with Crippen LogP contribution in [0.1, 0.15) is 54.4 Å². The molecular formula is C16H22BrNO. The van der Waals surface area contributed by atoms with Gasteiger partial charge in [0.25, 0.3) is 5.91 Å². The standard InChI is InChI=1S/C16H22BrNO/c17-12-14-6-8-15(9-7-14)16(19)18-11-10-13-4-2-1-3-5-13/h6-9,13H,1-5,10-12H2,(H,18,19). The molecule has 1 aliphatic rings. The Morgan fingerprint density at radius 1 is 1.16 bits per heavy atom. The normalized spacial score (nSPS) is 16.3. The van der Waals surface area contributed by atoms with Crippen molar-refractivity contribution in [2.45, 2.75) is 43.9 Å². The molecule has 3 heteroatoms. The summed E-state index contributed by atoms with van der Waals surface area (Å²) in [5.74, 6) is 0.877. The van der Waals surface area contributed by atoms with Crippen LogP contribution in [-0.4, -0.2) is 12.5 Å². The zero-order chi connectivity index (χ0) is 13.5. The molecule has 1 saturated carbocycles. The highest BCUT2D eigenvalue weighted by Gasteiger charge is 2.13. The van der Waals surface area contributed by atoms with E-state index in [-0.39, 0.29) is 5.91 Å². The van der Waals surface area contributed by atoms with Gasteiger partial charge < -0.3 is 5.32 Å². The summed E-state index contributed by atoms with van der Waals surface area (Å²) in [6.45, 7) is 0.809. The molecule has 104 valence electrons. The lowest BCUT2D eigenvalue weighted by Crippen LogP contribution is -2.26. The molecule has 0 radical (unpaired) electrons. The predicted molar refractivity (Wildman–Crippen MR) is 82.6 cm³/mol. The van der Waals surface area contributed by atoms with Gasteiger partial charge in [-0.3, -0.25) is 4.79 Å². The van der Waals surface area contributed by atoms with E-state index in [1.165, 1.54) is 37.7 Å². The average Bonchev–Trinajstić information content (AvgIpc) is 2.48. The maximum atomic E-state index is 12.0. The lowest BCUT2D eigenvalue weighted by atomic mass is 9.87. The van der Waals surface area contributed by atoms with Crippen LogP contribution in [0.15, 0.2) is 24.3 Å². The summed E-state index contributed by atoms with van der Waals surface area (Å²) in [6, 6.07) is 7.77. The molecule has 0 spiro atoms. The van der Waals surface area contributed by atoms with Gasteiger partial charge in [0.15, 0.2) is 0 Å². The molecule has 0 aliphatic heterocycles. The summed E-state index contributed by atoms with van der Waals surface area (Å²) >= 11 is 3.40. The van der Waals surface area contributed by atoms with Crippen LogP contribution in [0.4, 0.5) is 0 Å². The minimum Gasteiger partial charge on any atom is -0.352 e. The van der Waals surface area contributed by atoms with E-state index in [9.17, 15) is 4.79 Å². The van der Waals surface area contributed by atoms with E-state index < -0.39 is 0 Å². The first kappa shape index (κ1) is 14.6. The number of halogens is 1. The third kappa shape index (κ3) is 4.64. The van der Waals surface area contributed by atoms with E-state index in [4.69, 9.17) is 0 Å². The first-order valence-corrected chi connectivity index (χ1v) is 8.35. The molecule has 2 rings (SSSR count). The minimum atomic E-state index is 0.0527. The van der Waals surface area contributed by atoms with Crippen molar-refractivity contribution in [2.75, 3.05) is 6.54 Å². The monoisotopic (exact) mass is 323 g/mol. The number of hydrogen-bond acceptors (Lipinski definition) is 1. The molecule has 1 aliphatic carbocycles. The zero-order valence-corrected chi connectivity index (χ0v) is 12.9. The van der Waals surface area contributed by atoms with E-state index in [1.54, 1.807) is 0 Å². The highest BCUT2D eigenvalue weighted by atomic mass is 79.9. The van der Waals surface area contributed by atoms with Crippen LogP contribution in [-0.2, 0) is 5.33 Å². The van der Waals surface area contributed by atoms with Crippen LogP contribution in [0.5, 0.6) is 0 Å². The van der Waals surface area contributed by atoms with Gasteiger partial charge in [0.05, 0.1) is 0 Å². The van der Waals surface area contributed by atoms with Crippen molar-refractivity contribution >= 4 is 21.8 Å². The fraction of sp³-hybridized carbons (Fsp3) is 0.562. The summed E-state index contributed by atoms with van der Waals surface area (Å²) < 4.78 is 0. The van der Waals surface area contributed by atoms with Crippen molar-refractivity contribution in [3.8, 4) is 0 Å². The number of rotatable bonds is 5. The molecule has 0 atom stereocenters. The van der Waals surface area contributed by atoms with Gasteiger partial charge in [0.1, 0.15) is 0 Å². The Kier molecular flexibility index (Phi) is 5.90. The van der Waals surface area contributed by atoms with Crippen LogP contribution in [0, 0.1) is 5.92 Å². The van der Waals surface area contributed by atoms with Crippen LogP contribution in [0.3, 0.4) is 0 Å². The Labute approximate surface area is 124 Å². The van der Waals surface area contributed by atoms with Crippen molar-refractivity contribution in [3.05, 3.63) is 35.4 Å². The number of hydrogen-bond donors (Lipinski definition) is 1. The second-order valence-electron chi connectivity index (χ2n) is 5.38. The van der Waals surface area contributed by atoms with Gasteiger partial charge in [-0.15, -0.1) is 0 Å². The first-order chi connectivity index (χ1) is 9.29. The summed E-state index contributed by atoms with van der Waals surface area (Å²) in [5, 5.41) is 3.86. The lowest BCUT2D eigenvalue weighted by Gasteiger charge is -2.21. The molecule has 2 nitrogen and oxygen atoms in total. The van der Waals surface area contributed by atoms with Crippen molar-refractivity contribution in [3.63, 3.8) is 0 Å². The molecule has 0 heterocycles. The van der Waals surface area contributed by atoms with Gasteiger partial charge in [-0.25, -0.2) is 0 Å². The highest BCUT2D eigenvalue weighted by molar-refractivity contribution is 9.08. The fourth-order valence-electron chi connectivity index (χ4n) is 2.71. The molecular weight excluding hydrogens is 302 g/mol. The van der Waals surface area contributed by atoms with E-state index >= 15 is 0 Å². The Balaban J connectivity index is 1.73. The molecule has 0 unspecified atom stereocenters. The summed E-state index contributed by atoms with van der Waals surface area (Å²) in [6.07, 6.45) is 7.94. The topological polar surface area (TPSA) is 29.1 Å². The minimum absolute atomic E-state index is 0.0527. The number of nitrogens with one attached hydrogen (secondary N) is 1. The van der Waals surface area contributed by atoms with Crippen molar-refractivity contribution in [1.29, 1.82) is 0 Å². The van der Waals surface area contributed by atoms with Gasteiger partial charge in [-0.2, -0.15) is 0 Å². The second kappa shape index (κ2) is 7.68. The van der Waals surface area contributed by atoms with Crippen LogP contribution < -0.4 is 5.32 Å². The molecule has 1 N–H and O–H groups in total. The molecule has 1 aromatic carbocycles. The van der Waals surface area contributed by atoms with Crippen LogP contribution >= 0.6 is 15.9 Å². The maximum absolute atomic E-state index is 12.0. The quantitative estimate of drug-likeness (QED) is 0.805. The summed E-state index contributed by atoms with van der Waals surface area (Å²) in [7, 11) is 0. The van der Waals surface area contributed by atoms with Gasteiger partial charge in [0.2, 0.25) is 0 Å². The first-order valence-electron chi connectivity index (χ1n) is 7.22. The maximum Gasteiger partial charge on any atom is 0.251 e. The number of carbonyl (C=O) groups is 1. The number of alkyl halides is 1. The SMILES string of the molecule is O=C(NCCC1CCCCC1)c1ccc(CBr)cc1. The second-order valence-corrected chi connectivity index (χ2v) is 5.94. The van der Waals surface area contributed by atoms with Gasteiger partial charge in [-0.1, -0.05) is 60.2 Å². The van der Waals surface area contributed by atoms with Crippen LogP contribution in [0.25, 0.3) is 0 Å². The Hall–Kier alpha value is -0.830. The molecule has 19 heavy (non-hydrogen) atoms. The molecule has 1 fully saturated rings. The predicted octanol–water partition coefficient (Wildman–Crippen LogP) is 4.28. The van der Waals surface area contributed by atoms with Crippen molar-refractivity contribution in [2.24, 2.45) is 5.92 Å². The molecule has 0 aromatic heterocycles. The fourth-order valence-corrected chi connectivity index (χ4v) is 3.09. The largest absolute Gasteiger partial charge is 0.352 e. The van der Waals surface area contributed by atoms with Crippen molar-refractivity contribution < 1.29 is 4.79 Å². The molecule has 1 amide bonds. The Morgan fingerprint density at radius 3 is 2.47 bits per heavy atom. The third-order valence-electron chi connectivity index (χ3n) is 3.93. The molecule has 0 bridgehead atoms.